The SMILES string of the molecule is COc1c(Br)ccc2nn(CC3CCN(C(C)(C)C)CC3)cc12. The third-order valence-electron chi connectivity index (χ3n) is 4.85. The molecular formula is C18H26BrN3O. The van der Waals surface area contributed by atoms with E-state index in [2.05, 4.69) is 52.5 Å². The molecule has 1 saturated heterocycles. The number of likely N-dealkylation sites (tertiary alicyclic amines) is 1. The average Bonchev–Trinajstić information content (AvgIpc) is 2.89. The summed E-state index contributed by atoms with van der Waals surface area (Å²) in [6.07, 6.45) is 4.61. The van der Waals surface area contributed by atoms with Crippen molar-refractivity contribution in [1.29, 1.82) is 0 Å². The van der Waals surface area contributed by atoms with Crippen LogP contribution in [0.15, 0.2) is 22.8 Å². The highest BCUT2D eigenvalue weighted by Gasteiger charge is 2.27. The Balaban J connectivity index is 1.71. The summed E-state index contributed by atoms with van der Waals surface area (Å²) >= 11 is 3.54. The third-order valence-corrected chi connectivity index (χ3v) is 5.48. The van der Waals surface area contributed by atoms with Crippen molar-refractivity contribution in [2.24, 2.45) is 5.92 Å². The normalized spacial score (nSPS) is 17.8. The number of aromatic nitrogens is 2. The zero-order valence-corrected chi connectivity index (χ0v) is 16.1. The predicted octanol–water partition coefficient (Wildman–Crippen LogP) is 4.32. The van der Waals surface area contributed by atoms with Gasteiger partial charge in [0.15, 0.2) is 0 Å². The van der Waals surface area contributed by atoms with Gasteiger partial charge in [0, 0.05) is 18.3 Å². The fourth-order valence-electron chi connectivity index (χ4n) is 3.44. The van der Waals surface area contributed by atoms with E-state index in [-0.39, 0.29) is 5.54 Å². The van der Waals surface area contributed by atoms with E-state index < -0.39 is 0 Å². The lowest BCUT2D eigenvalue weighted by Crippen LogP contribution is -2.46. The van der Waals surface area contributed by atoms with Crippen LogP contribution in [0.5, 0.6) is 5.75 Å². The van der Waals surface area contributed by atoms with E-state index in [0.717, 1.165) is 27.7 Å². The molecule has 2 aromatic rings. The van der Waals surface area contributed by atoms with E-state index in [1.165, 1.54) is 25.9 Å². The number of fused-ring (bicyclic) bond motifs is 1. The molecule has 4 nitrogen and oxygen atoms in total. The lowest BCUT2D eigenvalue weighted by atomic mass is 9.93. The molecule has 1 aliphatic rings. The van der Waals surface area contributed by atoms with Crippen LogP contribution in [-0.4, -0.2) is 40.4 Å². The van der Waals surface area contributed by atoms with Crippen molar-refractivity contribution in [3.63, 3.8) is 0 Å². The molecule has 5 heteroatoms. The summed E-state index contributed by atoms with van der Waals surface area (Å²) in [4.78, 5) is 2.59. The van der Waals surface area contributed by atoms with Crippen LogP contribution in [0.4, 0.5) is 0 Å². The van der Waals surface area contributed by atoms with Gasteiger partial charge in [-0.2, -0.15) is 5.10 Å². The molecule has 1 aromatic carbocycles. The molecule has 126 valence electrons. The molecule has 2 heterocycles. The molecule has 0 unspecified atom stereocenters. The Hall–Kier alpha value is -1.07. The van der Waals surface area contributed by atoms with Gasteiger partial charge >= 0.3 is 0 Å². The molecular weight excluding hydrogens is 354 g/mol. The molecule has 1 aliphatic heterocycles. The highest BCUT2D eigenvalue weighted by molar-refractivity contribution is 9.10. The first kappa shape index (κ1) is 16.8. The molecule has 3 rings (SSSR count). The fourth-order valence-corrected chi connectivity index (χ4v) is 3.95. The van der Waals surface area contributed by atoms with Gasteiger partial charge in [-0.05, 0) is 80.7 Å². The van der Waals surface area contributed by atoms with Crippen molar-refractivity contribution in [3.8, 4) is 5.75 Å². The number of nitrogens with zero attached hydrogens (tertiary/aromatic N) is 3. The molecule has 1 fully saturated rings. The maximum Gasteiger partial charge on any atom is 0.144 e. The second-order valence-corrected chi connectivity index (χ2v) is 8.32. The highest BCUT2D eigenvalue weighted by atomic mass is 79.9. The number of benzene rings is 1. The number of hydrogen-bond donors (Lipinski definition) is 0. The minimum Gasteiger partial charge on any atom is -0.495 e. The first-order valence-electron chi connectivity index (χ1n) is 8.33. The molecule has 0 saturated carbocycles. The Morgan fingerprint density at radius 1 is 1.26 bits per heavy atom. The Kier molecular flexibility index (Phi) is 4.70. The summed E-state index contributed by atoms with van der Waals surface area (Å²) in [5, 5.41) is 5.80. The molecule has 0 amide bonds. The van der Waals surface area contributed by atoms with E-state index in [9.17, 15) is 0 Å². The number of piperidine rings is 1. The smallest absolute Gasteiger partial charge is 0.144 e. The Morgan fingerprint density at radius 3 is 2.57 bits per heavy atom. The summed E-state index contributed by atoms with van der Waals surface area (Å²) in [5.74, 6) is 1.58. The van der Waals surface area contributed by atoms with Gasteiger partial charge < -0.3 is 4.74 Å². The zero-order valence-electron chi connectivity index (χ0n) is 14.5. The summed E-state index contributed by atoms with van der Waals surface area (Å²) in [7, 11) is 1.71. The molecule has 0 N–H and O–H groups in total. The molecule has 0 aliphatic carbocycles. The van der Waals surface area contributed by atoms with Crippen molar-refractivity contribution in [3.05, 3.63) is 22.8 Å². The van der Waals surface area contributed by atoms with Gasteiger partial charge in [-0.3, -0.25) is 9.58 Å². The Morgan fingerprint density at radius 2 is 1.96 bits per heavy atom. The van der Waals surface area contributed by atoms with E-state index >= 15 is 0 Å². The monoisotopic (exact) mass is 379 g/mol. The first-order chi connectivity index (χ1) is 10.9. The van der Waals surface area contributed by atoms with Crippen molar-refractivity contribution < 1.29 is 4.74 Å². The predicted molar refractivity (Wildman–Crippen MR) is 98.0 cm³/mol. The quantitative estimate of drug-likeness (QED) is 0.795. The molecule has 0 spiro atoms. The van der Waals surface area contributed by atoms with Crippen LogP contribution < -0.4 is 4.74 Å². The standard InChI is InChI=1S/C18H26BrN3O/c1-18(2,3)21-9-7-13(8-10-21)11-22-12-14-16(20-22)6-5-15(19)17(14)23-4/h5-6,12-13H,7-11H2,1-4H3. The number of methoxy groups -OCH3 is 1. The van der Waals surface area contributed by atoms with E-state index in [1.54, 1.807) is 7.11 Å². The summed E-state index contributed by atoms with van der Waals surface area (Å²) in [6, 6.07) is 4.04. The van der Waals surface area contributed by atoms with E-state index in [1.807, 2.05) is 12.1 Å². The van der Waals surface area contributed by atoms with Crippen LogP contribution in [0.25, 0.3) is 10.9 Å². The second-order valence-electron chi connectivity index (χ2n) is 7.47. The molecule has 0 radical (unpaired) electrons. The minimum absolute atomic E-state index is 0.283. The van der Waals surface area contributed by atoms with Crippen LogP contribution in [0.1, 0.15) is 33.6 Å². The van der Waals surface area contributed by atoms with Gasteiger partial charge in [-0.1, -0.05) is 0 Å². The van der Waals surface area contributed by atoms with Crippen LogP contribution in [-0.2, 0) is 6.54 Å². The van der Waals surface area contributed by atoms with Crippen molar-refractivity contribution >= 4 is 26.8 Å². The summed E-state index contributed by atoms with van der Waals surface area (Å²) < 4.78 is 8.58. The number of halogens is 1. The lowest BCUT2D eigenvalue weighted by Gasteiger charge is -2.40. The fraction of sp³-hybridized carbons (Fsp3) is 0.611. The number of rotatable bonds is 3. The van der Waals surface area contributed by atoms with E-state index in [0.29, 0.717) is 5.92 Å². The van der Waals surface area contributed by atoms with Gasteiger partial charge in [0.2, 0.25) is 0 Å². The second kappa shape index (κ2) is 6.44. The topological polar surface area (TPSA) is 30.3 Å². The highest BCUT2D eigenvalue weighted by Crippen LogP contribution is 2.33. The van der Waals surface area contributed by atoms with Gasteiger partial charge in [0.25, 0.3) is 0 Å². The van der Waals surface area contributed by atoms with Crippen LogP contribution >= 0.6 is 15.9 Å². The van der Waals surface area contributed by atoms with Gasteiger partial charge in [0.1, 0.15) is 5.75 Å². The Labute approximate surface area is 146 Å². The van der Waals surface area contributed by atoms with Gasteiger partial charge in [-0.25, -0.2) is 0 Å². The molecule has 23 heavy (non-hydrogen) atoms. The van der Waals surface area contributed by atoms with Crippen molar-refractivity contribution in [1.82, 2.24) is 14.7 Å². The maximum atomic E-state index is 5.51. The molecule has 1 aromatic heterocycles. The summed E-state index contributed by atoms with van der Waals surface area (Å²) in [5.41, 5.74) is 1.28. The zero-order chi connectivity index (χ0) is 16.6. The van der Waals surface area contributed by atoms with Crippen LogP contribution in [0.3, 0.4) is 0 Å². The minimum atomic E-state index is 0.283. The number of ether oxygens (including phenoxy) is 1. The van der Waals surface area contributed by atoms with Crippen molar-refractivity contribution in [2.75, 3.05) is 20.2 Å². The average molecular weight is 380 g/mol. The van der Waals surface area contributed by atoms with Gasteiger partial charge in [0.05, 0.1) is 22.5 Å². The molecule has 0 atom stereocenters. The molecule has 0 bridgehead atoms. The van der Waals surface area contributed by atoms with Crippen LogP contribution in [0, 0.1) is 5.92 Å². The first-order valence-corrected chi connectivity index (χ1v) is 9.12. The lowest BCUT2D eigenvalue weighted by molar-refractivity contribution is 0.0822. The van der Waals surface area contributed by atoms with E-state index in [4.69, 9.17) is 9.84 Å². The van der Waals surface area contributed by atoms with Crippen molar-refractivity contribution in [2.45, 2.75) is 45.7 Å². The Bertz CT molecular complexity index is 681. The summed E-state index contributed by atoms with van der Waals surface area (Å²) in [6.45, 7) is 10.3. The number of hydrogen-bond acceptors (Lipinski definition) is 3. The third kappa shape index (κ3) is 3.56. The largest absolute Gasteiger partial charge is 0.495 e. The van der Waals surface area contributed by atoms with Gasteiger partial charge in [-0.15, -0.1) is 0 Å². The van der Waals surface area contributed by atoms with Crippen LogP contribution in [0.2, 0.25) is 0 Å². The maximum absolute atomic E-state index is 5.51.